The third-order valence-corrected chi connectivity index (χ3v) is 9.85. The fraction of sp³-hybridized carbons (Fsp3) is 0.271. The van der Waals surface area contributed by atoms with Crippen LogP contribution in [0, 0.1) is 0 Å². The maximum absolute atomic E-state index is 12.9. The van der Waals surface area contributed by atoms with Crippen molar-refractivity contribution < 1.29 is 62.2 Å². The minimum Gasteiger partial charge on any atom is -0.455 e. The normalized spacial score (nSPS) is 22.8. The molecule has 0 saturated carbocycles. The highest BCUT2D eigenvalue weighted by Gasteiger charge is 2.58. The molecule has 13 nitrogen and oxygen atoms in total. The second-order valence-electron chi connectivity index (χ2n) is 14.1. The van der Waals surface area contributed by atoms with E-state index in [1.54, 1.807) is 128 Å². The molecule has 2 aliphatic heterocycles. The Hall–Kier alpha value is -6.67. The molecule has 7 atom stereocenters. The molecule has 7 rings (SSSR count). The molecule has 0 amide bonds. The third kappa shape index (κ3) is 11.3. The average Bonchev–Trinajstić information content (AvgIpc) is 3.74. The Balaban J connectivity index is 0.000000213. The van der Waals surface area contributed by atoms with E-state index in [0.29, 0.717) is 35.1 Å². The Kier molecular flexibility index (Phi) is 15.1. The second kappa shape index (κ2) is 21.0. The van der Waals surface area contributed by atoms with Crippen LogP contribution in [0.5, 0.6) is 0 Å². The molecular weight excluding hydrogens is 785 g/mol. The fourth-order valence-corrected chi connectivity index (χ4v) is 6.69. The number of aliphatic hydroxyl groups is 1. The Morgan fingerprint density at radius 3 is 1.38 bits per heavy atom. The first-order valence-electron chi connectivity index (χ1n) is 19.9. The van der Waals surface area contributed by atoms with Gasteiger partial charge in [0.05, 0.1) is 28.9 Å². The zero-order chi connectivity index (χ0) is 43.2. The van der Waals surface area contributed by atoms with Crippen molar-refractivity contribution in [3.63, 3.8) is 0 Å². The van der Waals surface area contributed by atoms with Crippen LogP contribution >= 0.6 is 0 Å². The highest BCUT2D eigenvalue weighted by atomic mass is 16.7. The van der Waals surface area contributed by atoms with E-state index in [2.05, 4.69) is 0 Å². The molecule has 0 radical (unpaired) electrons. The van der Waals surface area contributed by atoms with Crippen LogP contribution in [0.25, 0.3) is 0 Å². The van der Waals surface area contributed by atoms with Gasteiger partial charge in [-0.25, -0.2) is 24.0 Å². The lowest BCUT2D eigenvalue weighted by Crippen LogP contribution is -2.50. The number of hydrogen-bond donors (Lipinski definition) is 1. The molecule has 0 aliphatic carbocycles. The Morgan fingerprint density at radius 2 is 0.934 bits per heavy atom. The van der Waals surface area contributed by atoms with Gasteiger partial charge in [0, 0.05) is 0 Å². The van der Waals surface area contributed by atoms with Gasteiger partial charge in [0.15, 0.2) is 18.3 Å². The van der Waals surface area contributed by atoms with Gasteiger partial charge in [-0.05, 0) is 66.9 Å². The first kappa shape index (κ1) is 43.9. The molecule has 2 aliphatic rings. The van der Waals surface area contributed by atoms with Gasteiger partial charge in [0.2, 0.25) is 11.9 Å². The number of esters is 5. The summed E-state index contributed by atoms with van der Waals surface area (Å²) in [6, 6.07) is 43.0. The van der Waals surface area contributed by atoms with Crippen LogP contribution < -0.4 is 0 Å². The van der Waals surface area contributed by atoms with Crippen molar-refractivity contribution in [2.45, 2.75) is 75.7 Å². The summed E-state index contributed by atoms with van der Waals surface area (Å²) in [7, 11) is 0. The number of cyclic esters (lactones) is 1. The van der Waals surface area contributed by atoms with Gasteiger partial charge in [0.25, 0.3) is 0 Å². The van der Waals surface area contributed by atoms with Gasteiger partial charge in [-0.2, -0.15) is 0 Å². The van der Waals surface area contributed by atoms with Gasteiger partial charge in [0.1, 0.15) is 18.8 Å². The van der Waals surface area contributed by atoms with E-state index in [1.807, 2.05) is 37.3 Å². The van der Waals surface area contributed by atoms with E-state index in [0.717, 1.165) is 5.56 Å². The van der Waals surface area contributed by atoms with Crippen molar-refractivity contribution in [1.82, 2.24) is 0 Å². The summed E-state index contributed by atoms with van der Waals surface area (Å²) in [6.45, 7) is 3.56. The number of rotatable bonds is 14. The lowest BCUT2D eigenvalue weighted by atomic mass is 10.0. The first-order valence-corrected chi connectivity index (χ1v) is 19.9. The molecule has 5 aromatic rings. The molecular formula is C48H46O13. The number of hydrogen-bond acceptors (Lipinski definition) is 13. The lowest BCUT2D eigenvalue weighted by Gasteiger charge is -2.29. The Bertz CT molecular complexity index is 2200. The average molecular weight is 831 g/mol. The Morgan fingerprint density at radius 1 is 0.541 bits per heavy atom. The molecule has 2 heterocycles. The van der Waals surface area contributed by atoms with E-state index in [1.165, 1.54) is 0 Å². The molecule has 13 heteroatoms. The maximum Gasteiger partial charge on any atom is 0.352 e. The Labute approximate surface area is 353 Å². The predicted molar refractivity (Wildman–Crippen MR) is 219 cm³/mol. The van der Waals surface area contributed by atoms with Gasteiger partial charge in [-0.3, -0.25) is 0 Å². The van der Waals surface area contributed by atoms with E-state index in [4.69, 9.17) is 33.2 Å². The van der Waals surface area contributed by atoms with Crippen LogP contribution in [0.4, 0.5) is 0 Å². The molecule has 2 fully saturated rings. The van der Waals surface area contributed by atoms with Gasteiger partial charge in [-0.15, -0.1) is 0 Å². The molecule has 0 aromatic heterocycles. The summed E-state index contributed by atoms with van der Waals surface area (Å²) in [6.07, 6.45) is -5.15. The molecule has 2 unspecified atom stereocenters. The topological polar surface area (TPSA) is 170 Å². The zero-order valence-electron chi connectivity index (χ0n) is 33.6. The smallest absolute Gasteiger partial charge is 0.352 e. The summed E-state index contributed by atoms with van der Waals surface area (Å²) < 4.78 is 39.1. The van der Waals surface area contributed by atoms with Gasteiger partial charge >= 0.3 is 29.8 Å². The predicted octanol–water partition coefficient (Wildman–Crippen LogP) is 6.92. The third-order valence-electron chi connectivity index (χ3n) is 9.85. The summed E-state index contributed by atoms with van der Waals surface area (Å²) in [4.78, 5) is 62.5. The number of ether oxygens (including phenoxy) is 7. The zero-order valence-corrected chi connectivity index (χ0v) is 33.6. The SMILES string of the molecule is CC[C@H]1OC(=O)C(OC(=O)c2ccccc2)[C@@H]1OC(=O)c1ccccc1.CC[C@H]1O[C@](O)(COCc2ccccc2)C(OC(=O)c2ccccc2)[C@@H]1OC(=O)c1ccccc1. The van der Waals surface area contributed by atoms with Crippen LogP contribution in [-0.4, -0.2) is 84.0 Å². The molecule has 61 heavy (non-hydrogen) atoms. The van der Waals surface area contributed by atoms with Crippen LogP contribution in [0.1, 0.15) is 73.7 Å². The van der Waals surface area contributed by atoms with E-state index in [-0.39, 0.29) is 13.2 Å². The van der Waals surface area contributed by atoms with Crippen molar-refractivity contribution >= 4 is 29.8 Å². The van der Waals surface area contributed by atoms with Gasteiger partial charge < -0.3 is 38.3 Å². The highest BCUT2D eigenvalue weighted by molar-refractivity contribution is 5.93. The largest absolute Gasteiger partial charge is 0.455 e. The van der Waals surface area contributed by atoms with Crippen molar-refractivity contribution in [2.24, 2.45) is 0 Å². The summed E-state index contributed by atoms with van der Waals surface area (Å²) in [5.41, 5.74) is 2.19. The van der Waals surface area contributed by atoms with Crippen molar-refractivity contribution in [3.8, 4) is 0 Å². The van der Waals surface area contributed by atoms with E-state index < -0.39 is 72.3 Å². The number of carbonyl (C=O) groups excluding carboxylic acids is 5. The van der Waals surface area contributed by atoms with Crippen LogP contribution in [0.3, 0.4) is 0 Å². The van der Waals surface area contributed by atoms with Gasteiger partial charge in [-0.1, -0.05) is 117 Å². The van der Waals surface area contributed by atoms with Crippen LogP contribution in [0.2, 0.25) is 0 Å². The maximum atomic E-state index is 12.9. The minimum atomic E-state index is -2.01. The van der Waals surface area contributed by atoms with Crippen molar-refractivity contribution in [2.75, 3.05) is 6.61 Å². The lowest BCUT2D eigenvalue weighted by molar-refractivity contribution is -0.254. The summed E-state index contributed by atoms with van der Waals surface area (Å²) in [5.74, 6) is -5.28. The standard InChI is InChI=1S/C28H28O7.C20H18O6/c1-2-23-24(33-26(29)21-14-8-4-9-15-21)25(34-27(30)22-16-10-5-11-17-22)28(31,35-23)19-32-18-20-12-6-3-7-13-20;1-2-15-16(25-18(21)13-9-5-3-6-10-13)17(20(23)24-15)26-19(22)14-11-7-4-8-12-14/h3-17,23-25,31H,2,18-19H2,1H3;3-12,15-17H,2H2,1H3/t23-,24-,25?,28-;15-,16-,17?/m11/s1. The monoisotopic (exact) mass is 830 g/mol. The molecule has 1 N–H and O–H groups in total. The molecule has 0 spiro atoms. The minimum absolute atomic E-state index is 0.219. The number of benzene rings is 5. The first-order chi connectivity index (χ1) is 29.6. The fourth-order valence-electron chi connectivity index (χ4n) is 6.69. The molecule has 2 saturated heterocycles. The molecule has 0 bridgehead atoms. The summed E-state index contributed by atoms with van der Waals surface area (Å²) in [5, 5.41) is 11.5. The molecule has 5 aromatic carbocycles. The quantitative estimate of drug-likeness (QED) is 0.0904. The summed E-state index contributed by atoms with van der Waals surface area (Å²) >= 11 is 0. The van der Waals surface area contributed by atoms with Crippen LogP contribution in [0.15, 0.2) is 152 Å². The van der Waals surface area contributed by atoms with Crippen molar-refractivity contribution in [1.29, 1.82) is 0 Å². The van der Waals surface area contributed by atoms with Crippen molar-refractivity contribution in [3.05, 3.63) is 179 Å². The van der Waals surface area contributed by atoms with Crippen LogP contribution in [-0.2, 0) is 44.6 Å². The second-order valence-corrected chi connectivity index (χ2v) is 14.1. The van der Waals surface area contributed by atoms with E-state index >= 15 is 0 Å². The number of carbonyl (C=O) groups is 5. The van der Waals surface area contributed by atoms with E-state index in [9.17, 15) is 29.1 Å². The molecule has 316 valence electrons. The highest BCUT2D eigenvalue weighted by Crippen LogP contribution is 2.37.